The Labute approximate surface area is 132 Å². The summed E-state index contributed by atoms with van der Waals surface area (Å²) in [5.74, 6) is -1.61. The molecule has 5 nitrogen and oxygen atoms in total. The Kier molecular flexibility index (Phi) is 5.24. The molecule has 0 amide bonds. The third kappa shape index (κ3) is 3.67. The molecule has 0 radical (unpaired) electrons. The van der Waals surface area contributed by atoms with Crippen LogP contribution in [0.2, 0.25) is 0 Å². The largest absolute Gasteiger partial charge is 0.481 e. The van der Waals surface area contributed by atoms with Gasteiger partial charge in [-0.05, 0) is 37.3 Å². The van der Waals surface area contributed by atoms with Gasteiger partial charge in [-0.2, -0.15) is 4.31 Å². The standard InChI is InChI=1S/C16H23NO4S/c1-3-13-6-8-14(9-7-13)11-22(20,21)17-10-4-5-15(12(17)2)16(18)19/h6-9,12,15H,3-5,10-11H2,1-2H3,(H,18,19)/t12-,15-/m0/s1. The van der Waals surface area contributed by atoms with E-state index >= 15 is 0 Å². The van der Waals surface area contributed by atoms with Gasteiger partial charge in [0.05, 0.1) is 11.7 Å². The van der Waals surface area contributed by atoms with Gasteiger partial charge in [-0.15, -0.1) is 0 Å². The zero-order chi connectivity index (χ0) is 16.3. The molecule has 22 heavy (non-hydrogen) atoms. The summed E-state index contributed by atoms with van der Waals surface area (Å²) in [6.45, 7) is 4.14. The van der Waals surface area contributed by atoms with Crippen molar-refractivity contribution in [2.75, 3.05) is 6.54 Å². The van der Waals surface area contributed by atoms with E-state index in [4.69, 9.17) is 0 Å². The monoisotopic (exact) mass is 325 g/mol. The van der Waals surface area contributed by atoms with Crippen molar-refractivity contribution in [2.45, 2.75) is 44.9 Å². The van der Waals surface area contributed by atoms with Crippen molar-refractivity contribution < 1.29 is 18.3 Å². The molecule has 0 spiro atoms. The number of hydrogen-bond acceptors (Lipinski definition) is 3. The summed E-state index contributed by atoms with van der Waals surface area (Å²) >= 11 is 0. The maximum absolute atomic E-state index is 12.6. The van der Waals surface area contributed by atoms with Gasteiger partial charge in [-0.3, -0.25) is 4.79 Å². The topological polar surface area (TPSA) is 74.7 Å². The van der Waals surface area contributed by atoms with Crippen LogP contribution in [0.3, 0.4) is 0 Å². The van der Waals surface area contributed by atoms with Gasteiger partial charge < -0.3 is 5.11 Å². The van der Waals surface area contributed by atoms with Crippen molar-refractivity contribution in [3.8, 4) is 0 Å². The number of aryl methyl sites for hydroxylation is 1. The lowest BCUT2D eigenvalue weighted by atomic mass is 9.92. The molecule has 1 saturated heterocycles. The Balaban J connectivity index is 2.16. The Hall–Kier alpha value is -1.40. The number of carboxylic acid groups (broad SMARTS) is 1. The van der Waals surface area contributed by atoms with Crippen LogP contribution >= 0.6 is 0 Å². The summed E-state index contributed by atoms with van der Waals surface area (Å²) in [7, 11) is -3.50. The van der Waals surface area contributed by atoms with E-state index in [0.717, 1.165) is 12.0 Å². The number of carbonyl (C=O) groups is 1. The van der Waals surface area contributed by atoms with Crippen molar-refractivity contribution in [1.29, 1.82) is 0 Å². The minimum atomic E-state index is -3.50. The van der Waals surface area contributed by atoms with Crippen molar-refractivity contribution in [3.05, 3.63) is 35.4 Å². The normalized spacial score (nSPS) is 23.4. The molecule has 0 aromatic heterocycles. The fraction of sp³-hybridized carbons (Fsp3) is 0.562. The summed E-state index contributed by atoms with van der Waals surface area (Å²) in [4.78, 5) is 11.2. The summed E-state index contributed by atoms with van der Waals surface area (Å²) in [6, 6.07) is 7.04. The fourth-order valence-corrected chi connectivity index (χ4v) is 4.84. The number of nitrogens with zero attached hydrogens (tertiary/aromatic N) is 1. The maximum Gasteiger partial charge on any atom is 0.308 e. The summed E-state index contributed by atoms with van der Waals surface area (Å²) in [6.07, 6.45) is 2.04. The van der Waals surface area contributed by atoms with Crippen LogP contribution in [0.1, 0.15) is 37.8 Å². The van der Waals surface area contributed by atoms with Gasteiger partial charge in [0.1, 0.15) is 0 Å². The molecule has 122 valence electrons. The van der Waals surface area contributed by atoms with Gasteiger partial charge in [-0.25, -0.2) is 8.42 Å². The van der Waals surface area contributed by atoms with Gasteiger partial charge in [0.2, 0.25) is 10.0 Å². The fourth-order valence-electron chi connectivity index (χ4n) is 3.00. The van der Waals surface area contributed by atoms with E-state index in [-0.39, 0.29) is 5.75 Å². The van der Waals surface area contributed by atoms with E-state index in [0.29, 0.717) is 19.4 Å². The van der Waals surface area contributed by atoms with Crippen LogP contribution in [-0.2, 0) is 27.0 Å². The molecule has 0 unspecified atom stereocenters. The van der Waals surface area contributed by atoms with E-state index in [1.165, 1.54) is 9.87 Å². The van der Waals surface area contributed by atoms with Gasteiger partial charge in [0.15, 0.2) is 0 Å². The highest BCUT2D eigenvalue weighted by Gasteiger charge is 2.38. The van der Waals surface area contributed by atoms with Gasteiger partial charge in [0.25, 0.3) is 0 Å². The van der Waals surface area contributed by atoms with Crippen molar-refractivity contribution in [2.24, 2.45) is 5.92 Å². The number of benzene rings is 1. The maximum atomic E-state index is 12.6. The molecule has 1 aromatic rings. The van der Waals surface area contributed by atoms with Gasteiger partial charge in [0, 0.05) is 12.6 Å². The molecule has 1 aromatic carbocycles. The first kappa shape index (κ1) is 17.0. The van der Waals surface area contributed by atoms with Crippen LogP contribution in [0.15, 0.2) is 24.3 Å². The second-order valence-electron chi connectivity index (χ2n) is 5.86. The molecule has 0 bridgehead atoms. The van der Waals surface area contributed by atoms with Crippen LogP contribution in [0, 0.1) is 5.92 Å². The van der Waals surface area contributed by atoms with Crippen molar-refractivity contribution in [3.63, 3.8) is 0 Å². The molecular weight excluding hydrogens is 302 g/mol. The Bertz CT molecular complexity index is 624. The second kappa shape index (κ2) is 6.79. The van der Waals surface area contributed by atoms with E-state index in [1.54, 1.807) is 6.92 Å². The Morgan fingerprint density at radius 1 is 1.27 bits per heavy atom. The molecule has 0 saturated carbocycles. The molecule has 1 N–H and O–H groups in total. The van der Waals surface area contributed by atoms with Crippen LogP contribution in [-0.4, -0.2) is 36.4 Å². The predicted molar refractivity (Wildman–Crippen MR) is 85.0 cm³/mol. The van der Waals surface area contributed by atoms with Crippen LogP contribution in [0.25, 0.3) is 0 Å². The van der Waals surface area contributed by atoms with Crippen LogP contribution in [0.4, 0.5) is 0 Å². The molecular formula is C16H23NO4S. The first-order valence-corrected chi connectivity index (χ1v) is 9.26. The van der Waals surface area contributed by atoms with Crippen LogP contribution < -0.4 is 0 Å². The second-order valence-corrected chi connectivity index (χ2v) is 7.79. The zero-order valence-corrected chi connectivity index (χ0v) is 13.8. The molecule has 2 atom stereocenters. The molecule has 1 aliphatic heterocycles. The number of piperidine rings is 1. The zero-order valence-electron chi connectivity index (χ0n) is 13.0. The third-order valence-corrected chi connectivity index (χ3v) is 6.31. The SMILES string of the molecule is CCc1ccc(CS(=O)(=O)N2CCC[C@H](C(=O)O)[C@@H]2C)cc1. The minimum absolute atomic E-state index is 0.0757. The highest BCUT2D eigenvalue weighted by atomic mass is 32.2. The van der Waals surface area contributed by atoms with E-state index in [2.05, 4.69) is 0 Å². The highest BCUT2D eigenvalue weighted by Crippen LogP contribution is 2.27. The molecule has 0 aliphatic carbocycles. The first-order valence-electron chi connectivity index (χ1n) is 7.65. The number of hydrogen-bond donors (Lipinski definition) is 1. The number of aliphatic carboxylic acids is 1. The third-order valence-electron chi connectivity index (χ3n) is 4.38. The molecule has 1 heterocycles. The smallest absolute Gasteiger partial charge is 0.308 e. The Morgan fingerprint density at radius 2 is 1.86 bits per heavy atom. The van der Waals surface area contributed by atoms with Crippen LogP contribution in [0.5, 0.6) is 0 Å². The number of sulfonamides is 1. The summed E-state index contributed by atoms with van der Waals surface area (Å²) < 4.78 is 26.6. The van der Waals surface area contributed by atoms with E-state index in [9.17, 15) is 18.3 Å². The predicted octanol–water partition coefficient (Wildman–Crippen LogP) is 2.26. The van der Waals surface area contributed by atoms with E-state index < -0.39 is 28.0 Å². The lowest BCUT2D eigenvalue weighted by molar-refractivity contribution is -0.144. The van der Waals surface area contributed by atoms with Gasteiger partial charge >= 0.3 is 5.97 Å². The number of rotatable bonds is 5. The lowest BCUT2D eigenvalue weighted by Gasteiger charge is -2.36. The van der Waals surface area contributed by atoms with E-state index in [1.807, 2.05) is 31.2 Å². The average molecular weight is 325 g/mol. The van der Waals surface area contributed by atoms with Crippen molar-refractivity contribution >= 4 is 16.0 Å². The molecule has 1 fully saturated rings. The average Bonchev–Trinajstić information content (AvgIpc) is 2.47. The highest BCUT2D eigenvalue weighted by molar-refractivity contribution is 7.88. The molecule has 1 aliphatic rings. The summed E-state index contributed by atoms with van der Waals surface area (Å²) in [5, 5.41) is 9.22. The molecule has 6 heteroatoms. The Morgan fingerprint density at radius 3 is 2.41 bits per heavy atom. The van der Waals surface area contributed by atoms with Gasteiger partial charge in [-0.1, -0.05) is 31.2 Å². The van der Waals surface area contributed by atoms with Crippen molar-refractivity contribution in [1.82, 2.24) is 4.31 Å². The first-order chi connectivity index (χ1) is 10.3. The summed E-state index contributed by atoms with van der Waals surface area (Å²) in [5.41, 5.74) is 1.90. The lowest BCUT2D eigenvalue weighted by Crippen LogP contribution is -2.49. The molecule has 2 rings (SSSR count). The number of carboxylic acids is 1. The minimum Gasteiger partial charge on any atom is -0.481 e. The quantitative estimate of drug-likeness (QED) is 0.901.